The van der Waals surface area contributed by atoms with Gasteiger partial charge in [0, 0.05) is 18.9 Å². The maximum atomic E-state index is 14.7. The largest absolute Gasteiger partial charge is 0.508 e. The van der Waals surface area contributed by atoms with Crippen LogP contribution in [-0.4, -0.2) is 107 Å². The minimum absolute atomic E-state index is 0.00269. The third-order valence-electron chi connectivity index (χ3n) is 11.5. The molecule has 0 spiro atoms. The molecule has 0 aliphatic carbocycles. The summed E-state index contributed by atoms with van der Waals surface area (Å²) in [5.41, 5.74) is 12.2. The summed E-state index contributed by atoms with van der Waals surface area (Å²) in [4.78, 5) is 110. The van der Waals surface area contributed by atoms with Gasteiger partial charge in [-0.1, -0.05) is 62.4 Å². The lowest BCUT2D eigenvalue weighted by Gasteiger charge is -2.28. The lowest BCUT2D eigenvalue weighted by atomic mass is 10.00. The molecule has 0 unspecified atom stereocenters. The molecule has 0 fully saturated rings. The van der Waals surface area contributed by atoms with E-state index in [9.17, 15) is 74.1 Å². The summed E-state index contributed by atoms with van der Waals surface area (Å²) in [5.74, 6) is -10.7. The van der Waals surface area contributed by atoms with Crippen LogP contribution in [-0.2, 0) is 51.2 Å². The van der Waals surface area contributed by atoms with Crippen LogP contribution in [0.5, 0.6) is 34.5 Å². The maximum Gasteiger partial charge on any atom is 0.330 e. The Morgan fingerprint density at radius 2 is 0.773 bits per heavy atom. The molecule has 0 saturated carbocycles. The van der Waals surface area contributed by atoms with Crippen LogP contribution in [0.1, 0.15) is 72.6 Å². The Labute approximate surface area is 429 Å². The Morgan fingerprint density at radius 1 is 0.427 bits per heavy atom. The highest BCUT2D eigenvalue weighted by atomic mass is 16.4. The molecular weight excluding hydrogens is 977 g/mol. The SMILES string of the molecule is CC(C)C[C@@H](N)C(=O)N[C@H](Cc1ccc(O)cc1)C(=O)N[C@@H](CC(N)=O)C(=O)N[C@@H](C(=O)N[C@@H](C(=O)N[C@@H](Cc1ccc(O)cc1)C(=O)N[C@H](C(=O)O)c1cc(O)cc(O)c1)c1ccc(O)cc1)c1ccc(O)cc1. The van der Waals surface area contributed by atoms with E-state index in [1.165, 1.54) is 97.1 Å². The number of hydrogen-bond donors (Lipinski definition) is 15. The first kappa shape index (κ1) is 56.5. The second-order valence-corrected chi connectivity index (χ2v) is 18.0. The predicted molar refractivity (Wildman–Crippen MR) is 267 cm³/mol. The second-order valence-electron chi connectivity index (χ2n) is 18.0. The van der Waals surface area contributed by atoms with E-state index in [0.29, 0.717) is 11.1 Å². The fourth-order valence-corrected chi connectivity index (χ4v) is 7.70. The number of rotatable bonds is 24. The van der Waals surface area contributed by atoms with Crippen molar-refractivity contribution in [3.8, 4) is 34.5 Å². The number of aromatic hydroxyl groups is 6. The quantitative estimate of drug-likeness (QED) is 0.0411. The lowest BCUT2D eigenvalue weighted by molar-refractivity contribution is -0.142. The number of primary amides is 1. The Bertz CT molecular complexity index is 2830. The fraction of sp³-hybridized carbons (Fsp3) is 0.269. The number of aliphatic carboxylic acids is 1. The van der Waals surface area contributed by atoms with Gasteiger partial charge in [0.25, 0.3) is 0 Å². The molecule has 75 heavy (non-hydrogen) atoms. The molecule has 0 saturated heterocycles. The normalized spacial score (nSPS) is 13.8. The summed E-state index contributed by atoms with van der Waals surface area (Å²) in [6, 6.07) is 12.2. The number of benzene rings is 5. The van der Waals surface area contributed by atoms with Gasteiger partial charge in [0.05, 0.1) is 12.5 Å². The van der Waals surface area contributed by atoms with Crippen LogP contribution >= 0.6 is 0 Å². The number of carbonyl (C=O) groups is 8. The van der Waals surface area contributed by atoms with Crippen molar-refractivity contribution >= 4 is 47.3 Å². The zero-order valence-electron chi connectivity index (χ0n) is 40.5. The van der Waals surface area contributed by atoms with Gasteiger partial charge in [-0.25, -0.2) is 4.79 Å². The first-order valence-corrected chi connectivity index (χ1v) is 23.2. The summed E-state index contributed by atoms with van der Waals surface area (Å²) in [6.07, 6.45) is -1.13. The van der Waals surface area contributed by atoms with Crippen molar-refractivity contribution in [2.45, 2.75) is 81.8 Å². The van der Waals surface area contributed by atoms with E-state index >= 15 is 0 Å². The van der Waals surface area contributed by atoms with Crippen molar-refractivity contribution < 1.29 is 74.1 Å². The van der Waals surface area contributed by atoms with Crippen molar-refractivity contribution in [1.82, 2.24) is 31.9 Å². The molecule has 0 aromatic heterocycles. The van der Waals surface area contributed by atoms with Gasteiger partial charge in [-0.15, -0.1) is 0 Å². The molecule has 7 amide bonds. The first-order chi connectivity index (χ1) is 35.4. The van der Waals surface area contributed by atoms with Crippen LogP contribution in [0.15, 0.2) is 115 Å². The van der Waals surface area contributed by atoms with E-state index in [0.717, 1.165) is 18.2 Å². The number of hydrogen-bond acceptors (Lipinski definition) is 15. The van der Waals surface area contributed by atoms with Gasteiger partial charge in [-0.2, -0.15) is 0 Å². The number of nitrogens with two attached hydrogens (primary N) is 2. The van der Waals surface area contributed by atoms with Crippen LogP contribution in [0.4, 0.5) is 0 Å². The van der Waals surface area contributed by atoms with Crippen molar-refractivity contribution in [2.24, 2.45) is 17.4 Å². The smallest absolute Gasteiger partial charge is 0.330 e. The van der Waals surface area contributed by atoms with E-state index in [1.807, 2.05) is 13.8 Å². The average molecular weight is 1040 g/mol. The molecule has 0 bridgehead atoms. The zero-order valence-corrected chi connectivity index (χ0v) is 40.5. The summed E-state index contributed by atoms with van der Waals surface area (Å²) < 4.78 is 0. The number of phenols is 6. The topological polar surface area (TPSA) is 402 Å². The van der Waals surface area contributed by atoms with E-state index in [4.69, 9.17) is 11.5 Å². The number of phenolic OH excluding ortho intramolecular Hbond substituents is 6. The van der Waals surface area contributed by atoms with Gasteiger partial charge in [0.15, 0.2) is 6.04 Å². The number of carbonyl (C=O) groups excluding carboxylic acids is 7. The number of carboxylic acid groups (broad SMARTS) is 1. The van der Waals surface area contributed by atoms with E-state index < -0.39 is 108 Å². The summed E-state index contributed by atoms with van der Waals surface area (Å²) in [6.45, 7) is 3.67. The fourth-order valence-electron chi connectivity index (χ4n) is 7.70. The molecule has 396 valence electrons. The Kier molecular flexibility index (Phi) is 19.5. The van der Waals surface area contributed by atoms with Crippen LogP contribution in [0.25, 0.3) is 0 Å². The van der Waals surface area contributed by atoms with Gasteiger partial charge in [0.1, 0.15) is 64.7 Å². The first-order valence-electron chi connectivity index (χ1n) is 23.2. The van der Waals surface area contributed by atoms with Gasteiger partial charge in [-0.05, 0) is 101 Å². The van der Waals surface area contributed by atoms with E-state index in [2.05, 4.69) is 31.9 Å². The van der Waals surface area contributed by atoms with Crippen molar-refractivity contribution in [3.63, 3.8) is 0 Å². The van der Waals surface area contributed by atoms with E-state index in [-0.39, 0.29) is 64.9 Å². The van der Waals surface area contributed by atoms with Crippen molar-refractivity contribution in [3.05, 3.63) is 143 Å². The predicted octanol–water partition coefficient (Wildman–Crippen LogP) is 1.07. The zero-order chi connectivity index (χ0) is 55.1. The highest BCUT2D eigenvalue weighted by molar-refractivity contribution is 5.99. The van der Waals surface area contributed by atoms with Crippen LogP contribution in [0.3, 0.4) is 0 Å². The van der Waals surface area contributed by atoms with Crippen molar-refractivity contribution in [2.75, 3.05) is 0 Å². The Morgan fingerprint density at radius 3 is 1.19 bits per heavy atom. The van der Waals surface area contributed by atoms with Gasteiger partial charge < -0.3 is 79.1 Å². The molecule has 0 aliphatic heterocycles. The maximum absolute atomic E-state index is 14.7. The summed E-state index contributed by atoms with van der Waals surface area (Å²) >= 11 is 0. The molecule has 23 nitrogen and oxygen atoms in total. The Balaban J connectivity index is 1.48. The third-order valence-corrected chi connectivity index (χ3v) is 11.5. The highest BCUT2D eigenvalue weighted by Crippen LogP contribution is 2.27. The molecule has 0 aliphatic rings. The average Bonchev–Trinajstić information content (AvgIpc) is 3.34. The molecule has 17 N–H and O–H groups in total. The Hall–Kier alpha value is -9.38. The molecule has 0 heterocycles. The minimum Gasteiger partial charge on any atom is -0.508 e. The molecule has 23 heteroatoms. The molecule has 7 atom stereocenters. The molecule has 5 aromatic rings. The van der Waals surface area contributed by atoms with Crippen LogP contribution < -0.4 is 43.4 Å². The number of carboxylic acids is 1. The van der Waals surface area contributed by atoms with E-state index in [1.54, 1.807) is 0 Å². The minimum atomic E-state index is -1.89. The highest BCUT2D eigenvalue weighted by Gasteiger charge is 2.36. The number of nitrogens with one attached hydrogen (secondary N) is 6. The summed E-state index contributed by atoms with van der Waals surface area (Å²) in [5, 5.41) is 85.2. The number of amides is 7. The standard InChI is InChI=1S/C52H58N8O15/c1-26(2)19-38(53)46(68)55-39(20-27-3-11-32(61)12-4-27)47(69)56-41(25-42(54)67)49(71)58-44(30-9-17-35(64)18-10-30)51(73)59-43(29-7-15-34(63)16-8-29)50(72)57-40(21-28-5-13-33(62)14-6-28)48(70)60-45(52(74)75)31-22-36(65)24-37(66)23-31/h3-18,22-24,26,38-41,43-45,61-66H,19-21,25,53H2,1-2H3,(H2,54,67)(H,55,68)(H,56,69)(H,57,72)(H,58,71)(H,59,73)(H,60,70)(H,74,75)/t38-,39-,40+,41+,43-,44-,45+/m1/s1. The lowest BCUT2D eigenvalue weighted by Crippen LogP contribution is -2.58. The van der Waals surface area contributed by atoms with Gasteiger partial charge in [-0.3, -0.25) is 33.6 Å². The monoisotopic (exact) mass is 1030 g/mol. The van der Waals surface area contributed by atoms with Crippen molar-refractivity contribution in [1.29, 1.82) is 0 Å². The third kappa shape index (κ3) is 16.9. The van der Waals surface area contributed by atoms with Crippen LogP contribution in [0, 0.1) is 5.92 Å². The molecular formula is C52H58N8O15. The molecule has 5 rings (SSSR count). The van der Waals surface area contributed by atoms with Crippen LogP contribution in [0.2, 0.25) is 0 Å². The van der Waals surface area contributed by atoms with Gasteiger partial charge in [0.2, 0.25) is 41.4 Å². The second kappa shape index (κ2) is 25.8. The molecule has 5 aromatic carbocycles. The molecule has 0 radical (unpaired) electrons. The van der Waals surface area contributed by atoms with Gasteiger partial charge >= 0.3 is 5.97 Å². The summed E-state index contributed by atoms with van der Waals surface area (Å²) in [7, 11) is 0.